The molecule has 19 heavy (non-hydrogen) atoms. The Morgan fingerprint density at radius 2 is 2.42 bits per heavy atom. The third-order valence-corrected chi connectivity index (χ3v) is 2.82. The molecule has 0 aliphatic carbocycles. The predicted molar refractivity (Wildman–Crippen MR) is 64.4 cm³/mol. The molecule has 104 valence electrons. The third kappa shape index (κ3) is 2.98. The lowest BCUT2D eigenvalue weighted by molar-refractivity contribution is -0.114. The highest BCUT2D eigenvalue weighted by Crippen LogP contribution is 2.29. The van der Waals surface area contributed by atoms with Gasteiger partial charge in [0.15, 0.2) is 0 Å². The van der Waals surface area contributed by atoms with Gasteiger partial charge in [0.25, 0.3) is 5.56 Å². The standard InChI is InChI=1S/C11H15N3O5/c1-6(16)12-11-13-9(18)2-3-14(11)10-4-7(17)8(5-15)19-10/h2-3,7-8,10,15,17H,4-5H2,1H3,(H,12,13,16,18)/t7-,8+,10+/m0/s1. The van der Waals surface area contributed by atoms with Crippen LogP contribution in [0.5, 0.6) is 0 Å². The van der Waals surface area contributed by atoms with Crippen LogP contribution in [0.1, 0.15) is 19.6 Å². The van der Waals surface area contributed by atoms with Gasteiger partial charge in [-0.1, -0.05) is 0 Å². The summed E-state index contributed by atoms with van der Waals surface area (Å²) in [4.78, 5) is 26.0. The lowest BCUT2D eigenvalue weighted by atomic mass is 10.2. The first kappa shape index (κ1) is 13.7. The summed E-state index contributed by atoms with van der Waals surface area (Å²) in [5.41, 5.74) is -0.489. The van der Waals surface area contributed by atoms with Crippen molar-refractivity contribution in [2.75, 3.05) is 11.9 Å². The summed E-state index contributed by atoms with van der Waals surface area (Å²) >= 11 is 0. The number of anilines is 1. The molecule has 8 heteroatoms. The summed E-state index contributed by atoms with van der Waals surface area (Å²) in [7, 11) is 0. The average Bonchev–Trinajstić information content (AvgIpc) is 2.69. The number of amides is 1. The van der Waals surface area contributed by atoms with Gasteiger partial charge in [0.05, 0.1) is 12.7 Å². The van der Waals surface area contributed by atoms with E-state index in [1.165, 1.54) is 23.8 Å². The molecule has 2 heterocycles. The maximum atomic E-state index is 11.2. The van der Waals surface area contributed by atoms with E-state index < -0.39 is 24.0 Å². The van der Waals surface area contributed by atoms with E-state index in [0.717, 1.165) is 0 Å². The number of nitrogens with one attached hydrogen (secondary N) is 1. The van der Waals surface area contributed by atoms with E-state index >= 15 is 0 Å². The molecule has 1 aromatic rings. The Morgan fingerprint density at radius 3 is 3.00 bits per heavy atom. The van der Waals surface area contributed by atoms with Crippen molar-refractivity contribution in [1.29, 1.82) is 0 Å². The molecule has 1 aromatic heterocycles. The number of nitrogens with zero attached hydrogens (tertiary/aromatic N) is 2. The van der Waals surface area contributed by atoms with E-state index in [-0.39, 0.29) is 24.9 Å². The van der Waals surface area contributed by atoms with Gasteiger partial charge in [-0.2, -0.15) is 4.98 Å². The van der Waals surface area contributed by atoms with Crippen LogP contribution in [0, 0.1) is 0 Å². The van der Waals surface area contributed by atoms with Crippen molar-refractivity contribution < 1.29 is 19.7 Å². The van der Waals surface area contributed by atoms with Crippen LogP contribution in [-0.2, 0) is 9.53 Å². The predicted octanol–water partition coefficient (Wildman–Crippen LogP) is -1.16. The molecule has 0 spiro atoms. The SMILES string of the molecule is CC(=O)Nc1nc(=O)ccn1[C@H]1C[C@H](O)[C@@H](CO)O1. The van der Waals surface area contributed by atoms with Crippen LogP contribution in [0.3, 0.4) is 0 Å². The zero-order valence-corrected chi connectivity index (χ0v) is 10.3. The van der Waals surface area contributed by atoms with Crippen molar-refractivity contribution in [3.8, 4) is 0 Å². The molecule has 3 atom stereocenters. The van der Waals surface area contributed by atoms with Gasteiger partial charge in [0.2, 0.25) is 11.9 Å². The highest BCUT2D eigenvalue weighted by molar-refractivity contribution is 5.86. The van der Waals surface area contributed by atoms with Crippen LogP contribution >= 0.6 is 0 Å². The quantitative estimate of drug-likeness (QED) is 0.638. The summed E-state index contributed by atoms with van der Waals surface area (Å²) in [5.74, 6) is -0.320. The number of aliphatic hydroxyl groups is 2. The molecule has 0 aromatic carbocycles. The number of aliphatic hydroxyl groups excluding tert-OH is 2. The molecule has 2 rings (SSSR count). The van der Waals surface area contributed by atoms with E-state index in [2.05, 4.69) is 10.3 Å². The minimum Gasteiger partial charge on any atom is -0.394 e. The molecule has 0 bridgehead atoms. The highest BCUT2D eigenvalue weighted by atomic mass is 16.5. The van der Waals surface area contributed by atoms with Gasteiger partial charge in [-0.3, -0.25) is 19.5 Å². The fourth-order valence-corrected chi connectivity index (χ4v) is 1.95. The zero-order chi connectivity index (χ0) is 14.0. The van der Waals surface area contributed by atoms with Gasteiger partial charge in [-0.15, -0.1) is 0 Å². The van der Waals surface area contributed by atoms with Gasteiger partial charge in [0.1, 0.15) is 12.3 Å². The smallest absolute Gasteiger partial charge is 0.274 e. The summed E-state index contributed by atoms with van der Waals surface area (Å²) in [6.07, 6.45) is -0.420. The number of rotatable bonds is 3. The Balaban J connectivity index is 2.29. The summed E-state index contributed by atoms with van der Waals surface area (Å²) < 4.78 is 6.89. The van der Waals surface area contributed by atoms with Gasteiger partial charge < -0.3 is 14.9 Å². The van der Waals surface area contributed by atoms with Crippen LogP contribution in [0.2, 0.25) is 0 Å². The van der Waals surface area contributed by atoms with Gasteiger partial charge in [-0.25, -0.2) is 0 Å². The first-order valence-corrected chi connectivity index (χ1v) is 5.82. The van der Waals surface area contributed by atoms with Crippen LogP contribution in [0.25, 0.3) is 0 Å². The molecule has 1 fully saturated rings. The number of hydrogen-bond acceptors (Lipinski definition) is 6. The van der Waals surface area contributed by atoms with E-state index in [4.69, 9.17) is 9.84 Å². The number of carbonyl (C=O) groups excluding carboxylic acids is 1. The minimum absolute atomic E-state index is 0.0517. The lowest BCUT2D eigenvalue weighted by Crippen LogP contribution is -2.25. The summed E-state index contributed by atoms with van der Waals surface area (Å²) in [5, 5.41) is 21.1. The lowest BCUT2D eigenvalue weighted by Gasteiger charge is -2.18. The van der Waals surface area contributed by atoms with Crippen molar-refractivity contribution in [3.63, 3.8) is 0 Å². The molecular formula is C11H15N3O5. The van der Waals surface area contributed by atoms with Crippen molar-refractivity contribution in [1.82, 2.24) is 9.55 Å². The fraction of sp³-hybridized carbons (Fsp3) is 0.545. The second-order valence-electron chi connectivity index (χ2n) is 4.29. The van der Waals surface area contributed by atoms with Crippen molar-refractivity contribution in [3.05, 3.63) is 22.6 Å². The van der Waals surface area contributed by atoms with E-state index in [0.29, 0.717) is 0 Å². The molecule has 1 saturated heterocycles. The van der Waals surface area contributed by atoms with E-state index in [1.54, 1.807) is 0 Å². The zero-order valence-electron chi connectivity index (χ0n) is 10.3. The van der Waals surface area contributed by atoms with E-state index in [1.807, 2.05) is 0 Å². The Morgan fingerprint density at radius 1 is 1.68 bits per heavy atom. The fourth-order valence-electron chi connectivity index (χ4n) is 1.95. The average molecular weight is 269 g/mol. The maximum absolute atomic E-state index is 11.2. The van der Waals surface area contributed by atoms with Crippen molar-refractivity contribution in [2.45, 2.75) is 31.8 Å². The Hall–Kier alpha value is -1.77. The number of hydrogen-bond donors (Lipinski definition) is 3. The van der Waals surface area contributed by atoms with Crippen LogP contribution < -0.4 is 10.9 Å². The molecule has 3 N–H and O–H groups in total. The van der Waals surface area contributed by atoms with Crippen molar-refractivity contribution >= 4 is 11.9 Å². The molecule has 1 amide bonds. The second kappa shape index (κ2) is 5.47. The first-order chi connectivity index (χ1) is 9.01. The first-order valence-electron chi connectivity index (χ1n) is 5.82. The molecule has 1 aliphatic rings. The van der Waals surface area contributed by atoms with Crippen molar-refractivity contribution in [2.24, 2.45) is 0 Å². The maximum Gasteiger partial charge on any atom is 0.274 e. The minimum atomic E-state index is -0.806. The number of ether oxygens (including phenoxy) is 1. The topological polar surface area (TPSA) is 114 Å². The number of carbonyl (C=O) groups is 1. The molecule has 0 unspecified atom stereocenters. The second-order valence-corrected chi connectivity index (χ2v) is 4.29. The highest BCUT2D eigenvalue weighted by Gasteiger charge is 2.35. The van der Waals surface area contributed by atoms with Crippen LogP contribution in [0.15, 0.2) is 17.1 Å². The summed E-state index contributed by atoms with van der Waals surface area (Å²) in [6, 6.07) is 1.23. The Bertz CT molecular complexity index is 529. The largest absolute Gasteiger partial charge is 0.394 e. The molecule has 8 nitrogen and oxygen atoms in total. The third-order valence-electron chi connectivity index (χ3n) is 2.82. The normalized spacial score (nSPS) is 26.4. The molecule has 1 aliphatic heterocycles. The summed E-state index contributed by atoms with van der Waals surface area (Å²) in [6.45, 7) is 0.991. The monoisotopic (exact) mass is 269 g/mol. The Labute approximate surface area is 108 Å². The molecule has 0 saturated carbocycles. The molecule has 0 radical (unpaired) electrons. The van der Waals surface area contributed by atoms with Crippen LogP contribution in [0.4, 0.5) is 5.95 Å². The Kier molecular flexibility index (Phi) is 3.93. The van der Waals surface area contributed by atoms with Gasteiger partial charge in [-0.05, 0) is 0 Å². The van der Waals surface area contributed by atoms with Gasteiger partial charge in [0, 0.05) is 25.6 Å². The van der Waals surface area contributed by atoms with E-state index in [9.17, 15) is 14.7 Å². The van der Waals surface area contributed by atoms with Gasteiger partial charge >= 0.3 is 0 Å². The molecular weight excluding hydrogens is 254 g/mol. The number of aromatic nitrogens is 2. The van der Waals surface area contributed by atoms with Crippen LogP contribution in [-0.4, -0.2) is 44.5 Å².